The maximum Gasteiger partial charge on any atom is 0.294 e. The first-order chi connectivity index (χ1) is 13.0. The summed E-state index contributed by atoms with van der Waals surface area (Å²) in [7, 11) is 0. The minimum absolute atomic E-state index is 0.178. The summed E-state index contributed by atoms with van der Waals surface area (Å²) in [5.41, 5.74) is 1.34. The Morgan fingerprint density at radius 3 is 2.26 bits per heavy atom. The highest BCUT2D eigenvalue weighted by atomic mass is 16.9. The Morgan fingerprint density at radius 1 is 1.00 bits per heavy atom. The molecule has 2 rings (SSSR count). The molecule has 0 heterocycles. The first kappa shape index (κ1) is 20.6. The van der Waals surface area contributed by atoms with E-state index in [9.17, 15) is 20.3 Å². The number of rotatable bonds is 11. The molecule has 0 spiro atoms. The van der Waals surface area contributed by atoms with Crippen LogP contribution in [0.3, 0.4) is 0 Å². The number of nitrogens with zero attached hydrogens (tertiary/aromatic N) is 1. The van der Waals surface area contributed by atoms with Crippen LogP contribution in [0.4, 0.5) is 0 Å². The monoisotopic (exact) mass is 373 g/mol. The molecule has 0 saturated carbocycles. The number of hydrogen-bond acceptors (Lipinski definition) is 5. The Labute approximate surface area is 159 Å². The van der Waals surface area contributed by atoms with Gasteiger partial charge in [0, 0.05) is 21.9 Å². The summed E-state index contributed by atoms with van der Waals surface area (Å²) in [6, 6.07) is 7.28. The largest absolute Gasteiger partial charge is 0.507 e. The smallest absolute Gasteiger partial charge is 0.294 e. The molecule has 0 aliphatic rings. The van der Waals surface area contributed by atoms with Gasteiger partial charge in [-0.15, -0.1) is 10.1 Å². The highest BCUT2D eigenvalue weighted by Gasteiger charge is 2.13. The van der Waals surface area contributed by atoms with Crippen LogP contribution in [0, 0.1) is 17.0 Å². The second-order valence-electron chi connectivity index (χ2n) is 6.65. The van der Waals surface area contributed by atoms with Gasteiger partial charge in [-0.2, -0.15) is 0 Å². The average Bonchev–Trinajstić information content (AvgIpc) is 2.66. The van der Waals surface area contributed by atoms with Crippen molar-refractivity contribution in [3.05, 3.63) is 51.6 Å². The van der Waals surface area contributed by atoms with Gasteiger partial charge in [-0.05, 0) is 26.2 Å². The molecule has 2 aromatic rings. The van der Waals surface area contributed by atoms with Crippen molar-refractivity contribution in [1.29, 1.82) is 0 Å². The van der Waals surface area contributed by atoms with Crippen LogP contribution in [0.25, 0.3) is 16.8 Å². The molecule has 0 saturated heterocycles. The molecule has 0 aliphatic heterocycles. The Balaban J connectivity index is 1.76. The van der Waals surface area contributed by atoms with Gasteiger partial charge in [-0.3, -0.25) is 0 Å². The van der Waals surface area contributed by atoms with Gasteiger partial charge in [0.15, 0.2) is 0 Å². The molecule has 0 radical (unpaired) electrons. The van der Waals surface area contributed by atoms with Crippen LogP contribution in [0.5, 0.6) is 11.5 Å². The van der Waals surface area contributed by atoms with E-state index in [1.165, 1.54) is 0 Å². The summed E-state index contributed by atoms with van der Waals surface area (Å²) in [4.78, 5) is 14.3. The fraction of sp³-hybridized carbons (Fsp3) is 0.429. The van der Waals surface area contributed by atoms with Gasteiger partial charge in [0.25, 0.3) is 5.09 Å². The molecule has 2 N–H and O–H groups in total. The zero-order chi connectivity index (χ0) is 19.6. The predicted octanol–water partition coefficient (Wildman–Crippen LogP) is 5.51. The third-order valence-corrected chi connectivity index (χ3v) is 4.70. The first-order valence-electron chi connectivity index (χ1n) is 9.39. The van der Waals surface area contributed by atoms with Crippen LogP contribution in [-0.2, 0) is 4.84 Å². The molecule has 0 fully saturated rings. The van der Waals surface area contributed by atoms with Crippen LogP contribution in [-0.4, -0.2) is 21.9 Å². The molecule has 27 heavy (non-hydrogen) atoms. The molecule has 0 amide bonds. The summed E-state index contributed by atoms with van der Waals surface area (Å²) in [6.07, 6.45) is 10.7. The van der Waals surface area contributed by atoms with Gasteiger partial charge < -0.3 is 15.1 Å². The van der Waals surface area contributed by atoms with Gasteiger partial charge in [-0.1, -0.05) is 62.1 Å². The molecule has 2 aromatic carbocycles. The number of fused-ring (bicyclic) bond motifs is 1. The van der Waals surface area contributed by atoms with E-state index < -0.39 is 5.09 Å². The van der Waals surface area contributed by atoms with Crippen LogP contribution >= 0.6 is 0 Å². The summed E-state index contributed by atoms with van der Waals surface area (Å²) < 4.78 is 0. The Morgan fingerprint density at radius 2 is 1.59 bits per heavy atom. The maximum atomic E-state index is 10.5. The van der Waals surface area contributed by atoms with Crippen molar-refractivity contribution in [2.75, 3.05) is 6.61 Å². The number of benzene rings is 2. The third kappa shape index (κ3) is 5.88. The normalized spacial score (nSPS) is 11.3. The highest BCUT2D eigenvalue weighted by molar-refractivity contribution is 5.97. The highest BCUT2D eigenvalue weighted by Crippen LogP contribution is 2.39. The molecule has 6 heteroatoms. The third-order valence-electron chi connectivity index (χ3n) is 4.70. The zero-order valence-corrected chi connectivity index (χ0v) is 15.7. The summed E-state index contributed by atoms with van der Waals surface area (Å²) in [5.74, 6) is 0.415. The average molecular weight is 373 g/mol. The van der Waals surface area contributed by atoms with Crippen molar-refractivity contribution in [2.45, 2.75) is 51.9 Å². The Hall–Kier alpha value is -2.76. The quantitative estimate of drug-likeness (QED) is 0.234. The van der Waals surface area contributed by atoms with Crippen molar-refractivity contribution in [2.24, 2.45) is 0 Å². The van der Waals surface area contributed by atoms with Gasteiger partial charge in [0.1, 0.15) is 11.5 Å². The zero-order valence-electron chi connectivity index (χ0n) is 15.7. The lowest BCUT2D eigenvalue weighted by Gasteiger charge is -2.11. The number of allylic oxidation sites excluding steroid dienone is 1. The molecular weight excluding hydrogens is 346 g/mol. The van der Waals surface area contributed by atoms with E-state index >= 15 is 0 Å². The van der Waals surface area contributed by atoms with E-state index in [2.05, 4.69) is 4.84 Å². The van der Waals surface area contributed by atoms with E-state index in [4.69, 9.17) is 0 Å². The van der Waals surface area contributed by atoms with Crippen molar-refractivity contribution in [3.63, 3.8) is 0 Å². The van der Waals surface area contributed by atoms with E-state index in [0.29, 0.717) is 28.3 Å². The standard InChI is InChI=1S/C21H27NO5/c1-16-17(21(24)19-14-10-9-13-18(19)20(16)23)12-8-6-4-2-3-5-7-11-15-27-22(25)26/h8-10,12-14,23-24H,2-7,11,15H2,1H3/b12-8+. The number of hydrogen-bond donors (Lipinski definition) is 2. The lowest BCUT2D eigenvalue weighted by molar-refractivity contribution is -0.757. The molecule has 0 aromatic heterocycles. The SMILES string of the molecule is Cc1c(/C=C/CCCCCCCCO[N+](=O)[O-])c(O)c2ccccc2c1O. The Kier molecular flexibility index (Phi) is 7.92. The number of phenolic OH excluding ortho intramolecular Hbond substituents is 2. The summed E-state index contributed by atoms with van der Waals surface area (Å²) >= 11 is 0. The topological polar surface area (TPSA) is 92.8 Å². The molecule has 0 bridgehead atoms. The Bertz CT molecular complexity index is 801. The lowest BCUT2D eigenvalue weighted by atomic mass is 9.98. The number of aromatic hydroxyl groups is 2. The van der Waals surface area contributed by atoms with E-state index in [-0.39, 0.29) is 18.1 Å². The van der Waals surface area contributed by atoms with Crippen molar-refractivity contribution < 1.29 is 20.1 Å². The van der Waals surface area contributed by atoms with E-state index in [1.807, 2.05) is 31.2 Å². The van der Waals surface area contributed by atoms with E-state index in [0.717, 1.165) is 38.5 Å². The molecule has 0 unspecified atom stereocenters. The molecular formula is C21H27NO5. The second-order valence-corrected chi connectivity index (χ2v) is 6.65. The van der Waals surface area contributed by atoms with Gasteiger partial charge in [0.2, 0.25) is 0 Å². The first-order valence-corrected chi connectivity index (χ1v) is 9.39. The van der Waals surface area contributed by atoms with Crippen molar-refractivity contribution >= 4 is 16.8 Å². The molecule has 0 aliphatic carbocycles. The predicted molar refractivity (Wildman–Crippen MR) is 106 cm³/mol. The molecule has 0 atom stereocenters. The number of unbranched alkanes of at least 4 members (excludes halogenated alkanes) is 6. The van der Waals surface area contributed by atoms with E-state index in [1.54, 1.807) is 12.1 Å². The van der Waals surface area contributed by atoms with Gasteiger partial charge >= 0.3 is 0 Å². The summed E-state index contributed by atoms with van der Waals surface area (Å²) in [6.45, 7) is 1.99. The molecule has 6 nitrogen and oxygen atoms in total. The summed E-state index contributed by atoms with van der Waals surface area (Å²) in [5, 5.41) is 31.5. The van der Waals surface area contributed by atoms with Crippen molar-refractivity contribution in [1.82, 2.24) is 0 Å². The second kappa shape index (κ2) is 10.4. The minimum Gasteiger partial charge on any atom is -0.507 e. The number of phenols is 2. The van der Waals surface area contributed by atoms with Gasteiger partial charge in [-0.25, -0.2) is 0 Å². The lowest BCUT2D eigenvalue weighted by Crippen LogP contribution is -2.01. The maximum absolute atomic E-state index is 10.5. The van der Waals surface area contributed by atoms with Crippen LogP contribution in [0.1, 0.15) is 56.1 Å². The van der Waals surface area contributed by atoms with Crippen molar-refractivity contribution in [3.8, 4) is 11.5 Å². The fourth-order valence-electron chi connectivity index (χ4n) is 3.16. The fourth-order valence-corrected chi connectivity index (χ4v) is 3.16. The van der Waals surface area contributed by atoms with Crippen LogP contribution in [0.2, 0.25) is 0 Å². The van der Waals surface area contributed by atoms with Crippen LogP contribution < -0.4 is 0 Å². The minimum atomic E-state index is -0.749. The van der Waals surface area contributed by atoms with Gasteiger partial charge in [0.05, 0.1) is 6.61 Å². The van der Waals surface area contributed by atoms with Crippen LogP contribution in [0.15, 0.2) is 30.3 Å². The molecule has 146 valence electrons.